The van der Waals surface area contributed by atoms with Crippen LogP contribution in [0.4, 0.5) is 0 Å². The SMILES string of the molecule is CCNC(=NCC(CC)CC)NCCC1CCCO1.I. The first-order valence-corrected chi connectivity index (χ1v) is 7.93. The van der Waals surface area contributed by atoms with E-state index in [1.807, 2.05) is 0 Å². The molecule has 1 atom stereocenters. The quantitative estimate of drug-likeness (QED) is 0.376. The molecule has 0 spiro atoms. The van der Waals surface area contributed by atoms with Crippen LogP contribution in [0.2, 0.25) is 0 Å². The molecule has 0 bridgehead atoms. The zero-order chi connectivity index (χ0) is 13.9. The molecule has 0 aliphatic carbocycles. The van der Waals surface area contributed by atoms with Gasteiger partial charge in [-0.2, -0.15) is 0 Å². The van der Waals surface area contributed by atoms with Crippen LogP contribution < -0.4 is 10.6 Å². The summed E-state index contributed by atoms with van der Waals surface area (Å²) in [5.41, 5.74) is 0. The van der Waals surface area contributed by atoms with Crippen molar-refractivity contribution in [2.24, 2.45) is 10.9 Å². The van der Waals surface area contributed by atoms with E-state index in [0.717, 1.165) is 38.6 Å². The number of hydrogen-bond acceptors (Lipinski definition) is 2. The molecule has 1 heterocycles. The van der Waals surface area contributed by atoms with Crippen LogP contribution in [-0.2, 0) is 4.74 Å². The van der Waals surface area contributed by atoms with Crippen molar-refractivity contribution in [1.29, 1.82) is 0 Å². The first kappa shape index (κ1) is 20.0. The van der Waals surface area contributed by atoms with Crippen LogP contribution in [0.3, 0.4) is 0 Å². The summed E-state index contributed by atoms with van der Waals surface area (Å²) in [6.07, 6.45) is 6.37. The summed E-state index contributed by atoms with van der Waals surface area (Å²) in [6.45, 7) is 10.3. The maximum atomic E-state index is 5.63. The van der Waals surface area contributed by atoms with Gasteiger partial charge in [-0.3, -0.25) is 4.99 Å². The fourth-order valence-electron chi connectivity index (χ4n) is 2.33. The Labute approximate surface area is 141 Å². The minimum Gasteiger partial charge on any atom is -0.378 e. The van der Waals surface area contributed by atoms with E-state index >= 15 is 0 Å². The maximum absolute atomic E-state index is 5.63. The third-order valence-electron chi connectivity index (χ3n) is 3.79. The molecule has 20 heavy (non-hydrogen) atoms. The summed E-state index contributed by atoms with van der Waals surface area (Å²) in [5.74, 6) is 1.65. The normalized spacial score (nSPS) is 19.0. The van der Waals surface area contributed by atoms with Crippen molar-refractivity contribution < 1.29 is 4.74 Å². The van der Waals surface area contributed by atoms with Gasteiger partial charge in [-0.1, -0.05) is 26.7 Å². The van der Waals surface area contributed by atoms with Crippen molar-refractivity contribution in [2.45, 2.75) is 59.0 Å². The minimum atomic E-state index is 0. The summed E-state index contributed by atoms with van der Waals surface area (Å²) in [4.78, 5) is 4.67. The summed E-state index contributed by atoms with van der Waals surface area (Å²) >= 11 is 0. The van der Waals surface area contributed by atoms with E-state index in [-0.39, 0.29) is 24.0 Å². The zero-order valence-corrected chi connectivity index (χ0v) is 15.6. The highest BCUT2D eigenvalue weighted by Crippen LogP contribution is 2.14. The van der Waals surface area contributed by atoms with E-state index in [1.54, 1.807) is 0 Å². The predicted molar refractivity (Wildman–Crippen MR) is 97.1 cm³/mol. The average molecular weight is 397 g/mol. The largest absolute Gasteiger partial charge is 0.378 e. The summed E-state index contributed by atoms with van der Waals surface area (Å²) in [7, 11) is 0. The summed E-state index contributed by atoms with van der Waals surface area (Å²) < 4.78 is 5.63. The molecule has 5 heteroatoms. The lowest BCUT2D eigenvalue weighted by Crippen LogP contribution is -2.39. The van der Waals surface area contributed by atoms with Gasteiger partial charge in [-0.15, -0.1) is 24.0 Å². The first-order valence-electron chi connectivity index (χ1n) is 7.93. The molecule has 0 saturated carbocycles. The number of aliphatic imine (C=N–C) groups is 1. The number of guanidine groups is 1. The second-order valence-electron chi connectivity index (χ2n) is 5.25. The van der Waals surface area contributed by atoms with Crippen LogP contribution in [0.25, 0.3) is 0 Å². The molecule has 1 fully saturated rings. The third kappa shape index (κ3) is 8.29. The lowest BCUT2D eigenvalue weighted by molar-refractivity contribution is 0.105. The van der Waals surface area contributed by atoms with Gasteiger partial charge >= 0.3 is 0 Å². The third-order valence-corrected chi connectivity index (χ3v) is 3.79. The van der Waals surface area contributed by atoms with Gasteiger partial charge in [0, 0.05) is 26.2 Å². The van der Waals surface area contributed by atoms with Crippen LogP contribution in [-0.4, -0.2) is 38.3 Å². The molecule has 0 amide bonds. The Hall–Kier alpha value is -0.0400. The van der Waals surface area contributed by atoms with E-state index in [9.17, 15) is 0 Å². The molecule has 0 aromatic heterocycles. The highest BCUT2D eigenvalue weighted by atomic mass is 127. The number of rotatable bonds is 8. The Bertz CT molecular complexity index is 252. The number of hydrogen-bond donors (Lipinski definition) is 2. The molecule has 1 rings (SSSR count). The van der Waals surface area contributed by atoms with Gasteiger partial charge in [0.2, 0.25) is 0 Å². The molecule has 1 saturated heterocycles. The monoisotopic (exact) mass is 397 g/mol. The van der Waals surface area contributed by atoms with Gasteiger partial charge in [-0.05, 0) is 32.1 Å². The van der Waals surface area contributed by atoms with Crippen molar-refractivity contribution in [2.75, 3.05) is 26.2 Å². The summed E-state index contributed by atoms with van der Waals surface area (Å²) in [5, 5.41) is 6.72. The van der Waals surface area contributed by atoms with Crippen molar-refractivity contribution in [3.8, 4) is 0 Å². The smallest absolute Gasteiger partial charge is 0.191 e. The van der Waals surface area contributed by atoms with Crippen LogP contribution in [0, 0.1) is 5.92 Å². The number of halogens is 1. The van der Waals surface area contributed by atoms with E-state index in [4.69, 9.17) is 4.74 Å². The van der Waals surface area contributed by atoms with Gasteiger partial charge in [0.1, 0.15) is 0 Å². The van der Waals surface area contributed by atoms with Gasteiger partial charge in [-0.25, -0.2) is 0 Å². The van der Waals surface area contributed by atoms with Crippen LogP contribution in [0.15, 0.2) is 4.99 Å². The maximum Gasteiger partial charge on any atom is 0.191 e. The fraction of sp³-hybridized carbons (Fsp3) is 0.933. The topological polar surface area (TPSA) is 45.7 Å². The Morgan fingerprint density at radius 2 is 2.00 bits per heavy atom. The van der Waals surface area contributed by atoms with Crippen LogP contribution in [0.1, 0.15) is 52.9 Å². The van der Waals surface area contributed by atoms with Gasteiger partial charge < -0.3 is 15.4 Å². The number of nitrogens with zero attached hydrogens (tertiary/aromatic N) is 1. The fourth-order valence-corrected chi connectivity index (χ4v) is 2.33. The minimum absolute atomic E-state index is 0. The van der Waals surface area contributed by atoms with Crippen LogP contribution in [0.5, 0.6) is 0 Å². The van der Waals surface area contributed by atoms with E-state index in [0.29, 0.717) is 12.0 Å². The Morgan fingerprint density at radius 3 is 2.55 bits per heavy atom. The molecular formula is C15H32IN3O. The summed E-state index contributed by atoms with van der Waals surface area (Å²) in [6, 6.07) is 0. The molecule has 1 unspecified atom stereocenters. The molecular weight excluding hydrogens is 365 g/mol. The average Bonchev–Trinajstić information content (AvgIpc) is 2.93. The van der Waals surface area contributed by atoms with Crippen molar-refractivity contribution in [3.63, 3.8) is 0 Å². The first-order chi connectivity index (χ1) is 9.30. The molecule has 120 valence electrons. The zero-order valence-electron chi connectivity index (χ0n) is 13.3. The van der Waals surface area contributed by atoms with Gasteiger partial charge in [0.25, 0.3) is 0 Å². The highest BCUT2D eigenvalue weighted by Gasteiger charge is 2.14. The van der Waals surface area contributed by atoms with Crippen molar-refractivity contribution in [3.05, 3.63) is 0 Å². The van der Waals surface area contributed by atoms with Gasteiger partial charge in [0.05, 0.1) is 6.10 Å². The Balaban J connectivity index is 0.00000361. The molecule has 0 radical (unpaired) electrons. The molecule has 4 nitrogen and oxygen atoms in total. The molecule has 0 aromatic rings. The second-order valence-corrected chi connectivity index (χ2v) is 5.25. The number of nitrogens with one attached hydrogen (secondary N) is 2. The van der Waals surface area contributed by atoms with Gasteiger partial charge in [0.15, 0.2) is 5.96 Å². The van der Waals surface area contributed by atoms with Crippen LogP contribution >= 0.6 is 24.0 Å². The Kier molecular flexibility index (Phi) is 12.7. The lowest BCUT2D eigenvalue weighted by atomic mass is 10.0. The molecule has 0 aromatic carbocycles. The standard InChI is InChI=1S/C15H31N3O.HI/c1-4-13(5-2)12-18-15(16-6-3)17-10-9-14-8-7-11-19-14;/h13-14H,4-12H2,1-3H3,(H2,16,17,18);1H. The van der Waals surface area contributed by atoms with E-state index in [1.165, 1.54) is 25.7 Å². The second kappa shape index (κ2) is 12.7. The number of ether oxygens (including phenoxy) is 1. The predicted octanol–water partition coefficient (Wildman–Crippen LogP) is 3.16. The molecule has 1 aliphatic heterocycles. The van der Waals surface area contributed by atoms with Crippen molar-refractivity contribution >= 4 is 29.9 Å². The van der Waals surface area contributed by atoms with E-state index < -0.39 is 0 Å². The molecule has 2 N–H and O–H groups in total. The lowest BCUT2D eigenvalue weighted by Gasteiger charge is -2.15. The Morgan fingerprint density at radius 1 is 1.25 bits per heavy atom. The van der Waals surface area contributed by atoms with E-state index in [2.05, 4.69) is 36.4 Å². The highest BCUT2D eigenvalue weighted by molar-refractivity contribution is 14.0. The molecule has 1 aliphatic rings. The van der Waals surface area contributed by atoms with Crippen molar-refractivity contribution in [1.82, 2.24) is 10.6 Å².